The van der Waals surface area contributed by atoms with E-state index < -0.39 is 0 Å². The van der Waals surface area contributed by atoms with E-state index >= 15 is 0 Å². The third-order valence-electron chi connectivity index (χ3n) is 11.6. The van der Waals surface area contributed by atoms with Crippen LogP contribution in [0, 0.1) is 0 Å². The fourth-order valence-electron chi connectivity index (χ4n) is 8.86. The SMILES string of the molecule is C/C=C\C=C/c1cc2cc(N(c3ccccc3)c3ccc4sc5ccccc5c4c3)c3ccccc3c2cc1N(c1ccccc1)c1ccc2sc3c(c2c1)C=CCC3. The lowest BCUT2D eigenvalue weighted by Crippen LogP contribution is -2.12. The van der Waals surface area contributed by atoms with Gasteiger partial charge in [0, 0.05) is 63.3 Å². The Morgan fingerprint density at radius 3 is 1.85 bits per heavy atom. The highest BCUT2D eigenvalue weighted by molar-refractivity contribution is 7.25. The lowest BCUT2D eigenvalue weighted by molar-refractivity contribution is 1.02. The predicted octanol–water partition coefficient (Wildman–Crippen LogP) is 17.1. The van der Waals surface area contributed by atoms with Gasteiger partial charge < -0.3 is 9.80 Å². The molecule has 8 aromatic carbocycles. The topological polar surface area (TPSA) is 6.48 Å². The molecule has 0 aliphatic heterocycles. The smallest absolute Gasteiger partial charge is 0.0546 e. The first-order valence-electron chi connectivity index (χ1n) is 20.3. The maximum atomic E-state index is 2.45. The fourth-order valence-corrected chi connectivity index (χ4v) is 11.1. The van der Waals surface area contributed by atoms with Gasteiger partial charge in [-0.25, -0.2) is 0 Å². The van der Waals surface area contributed by atoms with Gasteiger partial charge in [-0.3, -0.25) is 0 Å². The minimum Gasteiger partial charge on any atom is -0.310 e. The van der Waals surface area contributed by atoms with Gasteiger partial charge in [0.15, 0.2) is 0 Å². The summed E-state index contributed by atoms with van der Waals surface area (Å²) in [5.41, 5.74) is 9.34. The van der Waals surface area contributed by atoms with E-state index in [0.717, 1.165) is 52.5 Å². The summed E-state index contributed by atoms with van der Waals surface area (Å²) in [4.78, 5) is 6.38. The summed E-state index contributed by atoms with van der Waals surface area (Å²) in [6.07, 6.45) is 15.5. The van der Waals surface area contributed by atoms with Crippen LogP contribution < -0.4 is 9.80 Å². The third kappa shape index (κ3) is 6.24. The second kappa shape index (κ2) is 14.9. The van der Waals surface area contributed by atoms with E-state index in [4.69, 9.17) is 0 Å². The molecule has 0 radical (unpaired) electrons. The van der Waals surface area contributed by atoms with E-state index in [2.05, 4.69) is 217 Å². The molecule has 0 fully saturated rings. The molecule has 282 valence electrons. The van der Waals surface area contributed by atoms with Crippen molar-refractivity contribution >= 4 is 121 Å². The maximum absolute atomic E-state index is 2.45. The van der Waals surface area contributed by atoms with E-state index in [1.807, 2.05) is 22.7 Å². The molecule has 2 nitrogen and oxygen atoms in total. The highest BCUT2D eigenvalue weighted by Gasteiger charge is 2.23. The zero-order valence-electron chi connectivity index (χ0n) is 32.7. The van der Waals surface area contributed by atoms with Crippen LogP contribution in [0.15, 0.2) is 188 Å². The zero-order valence-corrected chi connectivity index (χ0v) is 34.3. The van der Waals surface area contributed by atoms with Gasteiger partial charge in [0.1, 0.15) is 0 Å². The Balaban J connectivity index is 1.17. The second-order valence-electron chi connectivity index (χ2n) is 15.1. The summed E-state index contributed by atoms with van der Waals surface area (Å²) < 4.78 is 3.96. The molecule has 1 aliphatic rings. The van der Waals surface area contributed by atoms with Crippen molar-refractivity contribution in [1.82, 2.24) is 0 Å². The summed E-state index contributed by atoms with van der Waals surface area (Å²) >= 11 is 3.80. The molecule has 0 saturated carbocycles. The molecular weight excluding hydrogens is 753 g/mol. The Morgan fingerprint density at radius 2 is 1.10 bits per heavy atom. The summed E-state index contributed by atoms with van der Waals surface area (Å²) in [5.74, 6) is 0. The fraction of sp³-hybridized carbons (Fsp3) is 0.0545. The molecule has 1 aliphatic carbocycles. The molecule has 2 aromatic heterocycles. The average Bonchev–Trinajstić information content (AvgIpc) is 3.85. The number of rotatable bonds is 8. The van der Waals surface area contributed by atoms with Crippen molar-refractivity contribution in [2.45, 2.75) is 19.8 Å². The van der Waals surface area contributed by atoms with E-state index in [9.17, 15) is 0 Å². The minimum absolute atomic E-state index is 1.11. The van der Waals surface area contributed by atoms with E-state index in [0.29, 0.717) is 0 Å². The van der Waals surface area contributed by atoms with Crippen LogP contribution in [0.4, 0.5) is 34.1 Å². The van der Waals surface area contributed by atoms with Crippen LogP contribution in [-0.4, -0.2) is 0 Å². The van der Waals surface area contributed by atoms with Crippen LogP contribution in [0.1, 0.15) is 29.3 Å². The number of allylic oxidation sites excluding steroid dienone is 4. The molecule has 0 bridgehead atoms. The van der Waals surface area contributed by atoms with Crippen molar-refractivity contribution in [3.63, 3.8) is 0 Å². The molecule has 0 unspecified atom stereocenters. The maximum Gasteiger partial charge on any atom is 0.0546 e. The largest absolute Gasteiger partial charge is 0.310 e. The van der Waals surface area contributed by atoms with Crippen molar-refractivity contribution < 1.29 is 0 Å². The first kappa shape index (κ1) is 35.4. The molecular formula is C55H40N2S2. The number of aryl methyl sites for hydroxylation is 1. The monoisotopic (exact) mass is 792 g/mol. The normalized spacial score (nSPS) is 12.8. The van der Waals surface area contributed by atoms with E-state index in [1.54, 1.807) is 0 Å². The molecule has 59 heavy (non-hydrogen) atoms. The minimum atomic E-state index is 1.11. The summed E-state index contributed by atoms with van der Waals surface area (Å²) in [6, 6.07) is 60.5. The quantitative estimate of drug-likeness (QED) is 0.112. The molecule has 0 saturated heterocycles. The standard InChI is InChI=1S/C55H40N2S2/c1-2-3-6-17-37-32-38-33-51(57(40-20-9-5-10-21-40)42-29-31-55-49(35-42)46-25-14-16-27-53(46)59-55)44-23-12-11-22-43(44)47(38)36-50(37)56(39-18-7-4-8-19-39)41-28-30-54-48(34-41)45-24-13-15-26-52(45)58-54/h2-14,16-25,27-36H,15,26H2,1H3/b3-2-,17-6-. The number of anilines is 6. The van der Waals surface area contributed by atoms with Gasteiger partial charge in [0.25, 0.3) is 0 Å². The molecule has 2 heterocycles. The number of thiophene rings is 2. The number of hydrogen-bond acceptors (Lipinski definition) is 4. The Hall–Kier alpha value is -6.72. The number of para-hydroxylation sites is 2. The Bertz CT molecular complexity index is 3290. The Labute approximate surface area is 352 Å². The van der Waals surface area contributed by atoms with Gasteiger partial charge in [-0.1, -0.05) is 115 Å². The van der Waals surface area contributed by atoms with Gasteiger partial charge in [-0.05, 0) is 132 Å². The van der Waals surface area contributed by atoms with Gasteiger partial charge in [-0.15, -0.1) is 22.7 Å². The van der Waals surface area contributed by atoms with Crippen LogP contribution in [-0.2, 0) is 6.42 Å². The predicted molar refractivity (Wildman–Crippen MR) is 260 cm³/mol. The van der Waals surface area contributed by atoms with Crippen molar-refractivity contribution in [3.8, 4) is 0 Å². The van der Waals surface area contributed by atoms with Gasteiger partial charge >= 0.3 is 0 Å². The van der Waals surface area contributed by atoms with Gasteiger partial charge in [0.2, 0.25) is 0 Å². The van der Waals surface area contributed by atoms with Crippen molar-refractivity contribution in [1.29, 1.82) is 0 Å². The number of nitrogens with zero attached hydrogens (tertiary/aromatic N) is 2. The lowest BCUT2D eigenvalue weighted by atomic mass is 9.95. The van der Waals surface area contributed by atoms with Crippen LogP contribution in [0.5, 0.6) is 0 Å². The summed E-state index contributed by atoms with van der Waals surface area (Å²) in [7, 11) is 0. The lowest BCUT2D eigenvalue weighted by Gasteiger charge is -2.29. The molecule has 0 atom stereocenters. The summed E-state index contributed by atoms with van der Waals surface area (Å²) in [5, 5.41) is 8.73. The Kier molecular flexibility index (Phi) is 8.95. The van der Waals surface area contributed by atoms with Crippen LogP contribution in [0.25, 0.3) is 64.0 Å². The first-order chi connectivity index (χ1) is 29.2. The molecule has 10 aromatic rings. The van der Waals surface area contributed by atoms with Crippen LogP contribution in [0.3, 0.4) is 0 Å². The Morgan fingerprint density at radius 1 is 0.475 bits per heavy atom. The van der Waals surface area contributed by atoms with Gasteiger partial charge in [0.05, 0.1) is 11.4 Å². The zero-order chi connectivity index (χ0) is 39.3. The average molecular weight is 793 g/mol. The number of benzene rings is 8. The highest BCUT2D eigenvalue weighted by Crippen LogP contribution is 2.48. The highest BCUT2D eigenvalue weighted by atomic mass is 32.1. The number of fused-ring (bicyclic) bond motifs is 9. The molecule has 0 amide bonds. The summed E-state index contributed by atoms with van der Waals surface area (Å²) in [6.45, 7) is 2.07. The molecule has 0 spiro atoms. The first-order valence-corrected chi connectivity index (χ1v) is 22.0. The van der Waals surface area contributed by atoms with Crippen LogP contribution >= 0.6 is 22.7 Å². The van der Waals surface area contributed by atoms with E-state index in [-0.39, 0.29) is 0 Å². The van der Waals surface area contributed by atoms with E-state index in [1.165, 1.54) is 62.2 Å². The van der Waals surface area contributed by atoms with Gasteiger partial charge in [-0.2, -0.15) is 0 Å². The molecule has 0 N–H and O–H groups in total. The van der Waals surface area contributed by atoms with Crippen molar-refractivity contribution in [2.24, 2.45) is 0 Å². The number of hydrogen-bond donors (Lipinski definition) is 0. The third-order valence-corrected chi connectivity index (χ3v) is 14.0. The molecule has 11 rings (SSSR count). The van der Waals surface area contributed by atoms with Crippen molar-refractivity contribution in [3.05, 3.63) is 204 Å². The second-order valence-corrected chi connectivity index (χ2v) is 17.4. The molecule has 4 heteroatoms. The van der Waals surface area contributed by atoms with Crippen molar-refractivity contribution in [2.75, 3.05) is 9.80 Å². The van der Waals surface area contributed by atoms with Crippen LogP contribution in [0.2, 0.25) is 0 Å².